The number of aliphatic hydroxyl groups is 2. The van der Waals surface area contributed by atoms with Crippen LogP contribution in [0.15, 0.2) is 85.7 Å². The van der Waals surface area contributed by atoms with Gasteiger partial charge in [0.1, 0.15) is 35.4 Å². The summed E-state index contributed by atoms with van der Waals surface area (Å²) in [6.45, 7) is -1.46. The zero-order chi connectivity index (χ0) is 41.9. The first-order valence-corrected chi connectivity index (χ1v) is 20.8. The fourth-order valence-electron chi connectivity index (χ4n) is 6.40. The molecule has 0 spiro atoms. The quantitative estimate of drug-likeness (QED) is 0.0261. The molecule has 3 heterocycles. The standard InChI is InChI=1S/C36H36N2O17P2S.Na/c39-20-6-9-24-27(16-20)53-28-17-21(40)7-10-25(28)31(24)23-8-5-19(15-26(23)35(44)45)14-22(58)4-2-1-3-13-51-56(47,48)55-57(49,50)52-18-29-32(42)33(43)34(54-29)38-12-11-30(41)37-36(38)46;/h5-12,15-17,29,32-34,39,42-43H,1-4,13-14,18H2,(H,44,45)(H,47,48)(H,49,50)(H,37,41,46);/q;+1/p-2. The first kappa shape index (κ1) is 46.4. The van der Waals surface area contributed by atoms with E-state index in [0.29, 0.717) is 51.8 Å². The molecule has 19 nitrogen and oxygen atoms in total. The van der Waals surface area contributed by atoms with E-state index >= 15 is 0 Å². The molecular weight excluding hydrogens is 849 g/mol. The average molecular weight is 884 g/mol. The number of phenols is 1. The van der Waals surface area contributed by atoms with Gasteiger partial charge in [0.2, 0.25) is 0 Å². The largest absolute Gasteiger partial charge is 1.00 e. The number of aromatic amines is 1. The summed E-state index contributed by atoms with van der Waals surface area (Å²) in [5.41, 5.74) is 0.165. The van der Waals surface area contributed by atoms with Crippen molar-refractivity contribution < 1.29 is 96.2 Å². The van der Waals surface area contributed by atoms with Gasteiger partial charge >= 0.3 is 41.2 Å². The second-order valence-electron chi connectivity index (χ2n) is 13.2. The zero-order valence-electron chi connectivity index (χ0n) is 31.0. The Morgan fingerprint density at radius 3 is 2.37 bits per heavy atom. The third-order valence-corrected chi connectivity index (χ3v) is 12.0. The number of aromatic hydroxyl groups is 1. The number of aromatic nitrogens is 2. The van der Waals surface area contributed by atoms with Gasteiger partial charge in [0, 0.05) is 47.3 Å². The maximum atomic E-state index is 12.5. The van der Waals surface area contributed by atoms with Gasteiger partial charge in [0.05, 0.1) is 18.8 Å². The summed E-state index contributed by atoms with van der Waals surface area (Å²) in [6.07, 6.45) is -3.92. The average Bonchev–Trinajstić information content (AvgIpc) is 3.42. The third kappa shape index (κ3) is 11.4. The molecule has 59 heavy (non-hydrogen) atoms. The van der Waals surface area contributed by atoms with E-state index < -0.39 is 70.6 Å². The predicted molar refractivity (Wildman–Crippen MR) is 203 cm³/mol. The van der Waals surface area contributed by atoms with Crippen molar-refractivity contribution in [2.75, 3.05) is 13.2 Å². The Morgan fingerprint density at radius 1 is 0.915 bits per heavy atom. The number of phosphoric acid groups is 2. The normalized spacial score (nSPS) is 19.9. The van der Waals surface area contributed by atoms with Crippen molar-refractivity contribution in [1.29, 1.82) is 0 Å². The van der Waals surface area contributed by atoms with Crippen molar-refractivity contribution in [3.63, 3.8) is 0 Å². The van der Waals surface area contributed by atoms with Crippen LogP contribution in [0, 0.1) is 0 Å². The van der Waals surface area contributed by atoms with Gasteiger partial charge in [0.25, 0.3) is 21.2 Å². The maximum Gasteiger partial charge on any atom is 1.00 e. The van der Waals surface area contributed by atoms with Gasteiger partial charge in [-0.2, -0.15) is 0 Å². The number of aromatic carboxylic acids is 1. The Morgan fingerprint density at radius 2 is 1.64 bits per heavy atom. The number of carboxylic acids is 1. The SMILES string of the molecule is O=C(O)c1cc(CC(=S)CCCCCOP(=O)([O-])OP(=O)([O-])OCC2OC(n3ccc(=O)[nH]c3=O)C(O)C2O)ccc1-c1c2ccc(=O)cc-2oc2cc(O)ccc12.[Na+]. The summed E-state index contributed by atoms with van der Waals surface area (Å²) >= 11 is 5.53. The molecule has 2 aromatic carbocycles. The number of hydrogen-bond donors (Lipinski definition) is 5. The summed E-state index contributed by atoms with van der Waals surface area (Å²) in [5.74, 6) is -1.07. The number of nitrogens with zero attached hydrogens (tertiary/aromatic N) is 1. The molecule has 1 fully saturated rings. The fourth-order valence-corrected chi connectivity index (χ4v) is 8.75. The number of fused-ring (bicyclic) bond motifs is 2. The smallest absolute Gasteiger partial charge is 0.756 e. The van der Waals surface area contributed by atoms with Crippen LogP contribution in [-0.2, 0) is 33.6 Å². The summed E-state index contributed by atoms with van der Waals surface area (Å²) < 4.78 is 49.6. The predicted octanol–water partition coefficient (Wildman–Crippen LogP) is -0.399. The number of rotatable bonds is 17. The number of phenolic OH excluding ortho intramolecular Hbond substituents is 1. The van der Waals surface area contributed by atoms with Gasteiger partial charge in [-0.25, -0.2) is 13.9 Å². The van der Waals surface area contributed by atoms with Gasteiger partial charge < -0.3 is 48.4 Å². The molecular formula is C36H34N2NaO17P2S-. The number of hydrogen-bond acceptors (Lipinski definition) is 17. The van der Waals surface area contributed by atoms with Crippen molar-refractivity contribution in [3.8, 4) is 28.2 Å². The second-order valence-corrected chi connectivity index (χ2v) is 16.7. The topological polar surface area (TPSA) is 300 Å². The Hall–Kier alpha value is -3.69. The number of nitrogens with one attached hydrogen (secondary N) is 1. The van der Waals surface area contributed by atoms with Crippen LogP contribution in [-0.4, -0.2) is 72.3 Å². The molecule has 1 saturated heterocycles. The Labute approximate surface area is 360 Å². The van der Waals surface area contributed by atoms with E-state index in [1.807, 2.05) is 4.98 Å². The minimum atomic E-state index is -5.60. The van der Waals surface area contributed by atoms with Gasteiger partial charge in [-0.05, 0) is 65.6 Å². The van der Waals surface area contributed by atoms with Crippen LogP contribution >= 0.6 is 27.9 Å². The molecule has 0 radical (unpaired) electrons. The summed E-state index contributed by atoms with van der Waals surface area (Å²) in [4.78, 5) is 74.9. The molecule has 1 aliphatic carbocycles. The van der Waals surface area contributed by atoms with Crippen LogP contribution in [0.25, 0.3) is 33.4 Å². The maximum absolute atomic E-state index is 12.5. The van der Waals surface area contributed by atoms with Crippen LogP contribution in [0.5, 0.6) is 5.75 Å². The van der Waals surface area contributed by atoms with Crippen LogP contribution in [0.2, 0.25) is 0 Å². The van der Waals surface area contributed by atoms with Crippen molar-refractivity contribution in [3.05, 3.63) is 109 Å². The van der Waals surface area contributed by atoms with Gasteiger partial charge in [-0.3, -0.25) is 28.3 Å². The molecule has 0 amide bonds. The number of aliphatic hydroxyl groups excluding tert-OH is 2. The number of phosphoric ester groups is 2. The van der Waals surface area contributed by atoms with Gasteiger partial charge in [-0.15, -0.1) is 0 Å². The van der Waals surface area contributed by atoms with Crippen LogP contribution in [0.1, 0.15) is 47.8 Å². The molecule has 5 N–H and O–H groups in total. The summed E-state index contributed by atoms with van der Waals surface area (Å²) in [7, 11) is -11.0. The zero-order valence-corrected chi connectivity index (χ0v) is 35.6. The van der Waals surface area contributed by atoms with Gasteiger partial charge in [0.15, 0.2) is 11.7 Å². The molecule has 0 saturated carbocycles. The van der Waals surface area contributed by atoms with E-state index in [1.165, 1.54) is 30.3 Å². The Kier molecular flexibility index (Phi) is 15.2. The molecule has 6 unspecified atom stereocenters. The number of carbonyl (C=O) groups is 1. The molecule has 3 aliphatic rings. The van der Waals surface area contributed by atoms with Crippen LogP contribution in [0.3, 0.4) is 0 Å². The number of H-pyrrole nitrogens is 1. The van der Waals surface area contributed by atoms with Gasteiger partial charge in [-0.1, -0.05) is 30.8 Å². The number of carboxylic acid groups (broad SMARTS) is 1. The molecule has 6 rings (SSSR count). The molecule has 1 aromatic heterocycles. The molecule has 0 bridgehead atoms. The van der Waals surface area contributed by atoms with E-state index in [2.05, 4.69) is 13.4 Å². The van der Waals surface area contributed by atoms with Crippen LogP contribution in [0.4, 0.5) is 0 Å². The number of unbranched alkanes of at least 4 members (excludes halogenated alkanes) is 2. The monoisotopic (exact) mass is 883 g/mol. The summed E-state index contributed by atoms with van der Waals surface area (Å²) in [6, 6.07) is 14.4. The number of thiocarbonyl (C=S) groups is 1. The van der Waals surface area contributed by atoms with E-state index in [1.54, 1.807) is 24.3 Å². The first-order chi connectivity index (χ1) is 27.4. The third-order valence-electron chi connectivity index (χ3n) is 9.07. The van der Waals surface area contributed by atoms with E-state index in [9.17, 15) is 58.5 Å². The van der Waals surface area contributed by atoms with Crippen molar-refractivity contribution in [2.45, 2.75) is 56.6 Å². The van der Waals surface area contributed by atoms with Crippen molar-refractivity contribution in [2.24, 2.45) is 0 Å². The van der Waals surface area contributed by atoms with E-state index in [-0.39, 0.29) is 70.5 Å². The fraction of sp³-hybridized carbons (Fsp3) is 0.306. The molecule has 2 aliphatic heterocycles. The Balaban J connectivity index is 0.00000661. The molecule has 3 aromatic rings. The number of benzene rings is 3. The molecule has 23 heteroatoms. The number of ether oxygens (including phenoxy) is 1. The van der Waals surface area contributed by atoms with Crippen LogP contribution < -0.4 is 56.0 Å². The van der Waals surface area contributed by atoms with Crippen molar-refractivity contribution in [1.82, 2.24) is 9.55 Å². The Bertz CT molecular complexity index is 2610. The van der Waals surface area contributed by atoms with Crippen molar-refractivity contribution >= 4 is 49.7 Å². The van der Waals surface area contributed by atoms with E-state index in [0.717, 1.165) is 16.8 Å². The summed E-state index contributed by atoms with van der Waals surface area (Å²) in [5, 5.41) is 41.3. The van der Waals surface area contributed by atoms with E-state index in [4.69, 9.17) is 21.4 Å². The molecule has 308 valence electrons. The minimum absolute atomic E-state index is 0. The molecule has 6 atom stereocenters. The minimum Gasteiger partial charge on any atom is -0.756 e. The second kappa shape index (κ2) is 19.4. The first-order valence-electron chi connectivity index (χ1n) is 17.4.